The van der Waals surface area contributed by atoms with Crippen LogP contribution in [0.4, 0.5) is 19.0 Å². The highest BCUT2D eigenvalue weighted by Crippen LogP contribution is 2.29. The molecule has 22 heavy (non-hydrogen) atoms. The molecule has 0 aliphatic heterocycles. The molecule has 1 aromatic heterocycles. The second-order valence-electron chi connectivity index (χ2n) is 4.43. The average Bonchev–Trinajstić information content (AvgIpc) is 2.45. The lowest BCUT2D eigenvalue weighted by molar-refractivity contribution is -0.137. The van der Waals surface area contributed by atoms with Crippen LogP contribution in [0.25, 0.3) is 0 Å². The maximum Gasteiger partial charge on any atom is 0.416 e. The monoisotopic (exact) mass is 310 g/mol. The highest BCUT2D eigenvalue weighted by Gasteiger charge is 2.29. The number of nitrogens with zero attached hydrogens (tertiary/aromatic N) is 2. The number of aromatic nitrogens is 2. The Labute approximate surface area is 123 Å². The van der Waals surface area contributed by atoms with Crippen molar-refractivity contribution in [1.29, 1.82) is 10.8 Å². The summed E-state index contributed by atoms with van der Waals surface area (Å²) in [6.07, 6.45) is -1.63. The first-order valence-corrected chi connectivity index (χ1v) is 6.15. The summed E-state index contributed by atoms with van der Waals surface area (Å²) in [5.74, 6) is -0.150. The zero-order valence-electron chi connectivity index (χ0n) is 11.3. The van der Waals surface area contributed by atoms with E-state index in [1.807, 2.05) is 0 Å². The van der Waals surface area contributed by atoms with Crippen LogP contribution in [0.1, 0.15) is 11.1 Å². The molecule has 1 aromatic carbocycles. The molecule has 0 aliphatic rings. The summed E-state index contributed by atoms with van der Waals surface area (Å²) < 4.78 is 38.5. The van der Waals surface area contributed by atoms with Gasteiger partial charge in [-0.2, -0.15) is 13.2 Å². The number of nitrogen functional groups attached to an aromatic ring is 1. The summed E-state index contributed by atoms with van der Waals surface area (Å²) in [6.45, 7) is 0.193. The summed E-state index contributed by atoms with van der Waals surface area (Å²) in [7, 11) is 0. The van der Waals surface area contributed by atoms with Crippen LogP contribution in [-0.2, 0) is 12.7 Å². The van der Waals surface area contributed by atoms with Crippen molar-refractivity contribution in [2.75, 3.05) is 5.32 Å². The molecule has 0 unspecified atom stereocenters. The van der Waals surface area contributed by atoms with Gasteiger partial charge in [0.2, 0.25) is 0 Å². The van der Waals surface area contributed by atoms with Crippen molar-refractivity contribution in [3.05, 3.63) is 53.3 Å². The van der Waals surface area contributed by atoms with E-state index in [0.29, 0.717) is 5.56 Å². The van der Waals surface area contributed by atoms with Gasteiger partial charge in [0.25, 0.3) is 0 Å². The normalized spacial score (nSPS) is 11.2. The SMILES string of the molecule is N=C(N)n1ccnc(NCc2ccc(C(F)(F)F)cc2)c1=N. The Bertz CT molecular complexity index is 733. The molecule has 0 atom stereocenters. The third-order valence-electron chi connectivity index (χ3n) is 2.89. The zero-order valence-corrected chi connectivity index (χ0v) is 11.3. The first-order chi connectivity index (χ1) is 10.3. The van der Waals surface area contributed by atoms with E-state index in [0.717, 1.165) is 16.7 Å². The second-order valence-corrected chi connectivity index (χ2v) is 4.43. The number of nitrogens with two attached hydrogens (primary N) is 1. The number of alkyl halides is 3. The van der Waals surface area contributed by atoms with Crippen molar-refractivity contribution in [2.45, 2.75) is 12.7 Å². The number of halogens is 3. The van der Waals surface area contributed by atoms with E-state index in [1.165, 1.54) is 24.5 Å². The molecular formula is C13H13F3N6. The molecule has 6 nitrogen and oxygen atoms in total. The van der Waals surface area contributed by atoms with Crippen LogP contribution in [0.15, 0.2) is 36.7 Å². The molecular weight excluding hydrogens is 297 g/mol. The lowest BCUT2D eigenvalue weighted by Gasteiger charge is -2.10. The minimum Gasteiger partial charge on any atom is -0.369 e. The van der Waals surface area contributed by atoms with Crippen molar-refractivity contribution in [3.8, 4) is 0 Å². The Morgan fingerprint density at radius 3 is 2.45 bits per heavy atom. The third kappa shape index (κ3) is 3.43. The van der Waals surface area contributed by atoms with Gasteiger partial charge >= 0.3 is 6.18 Å². The summed E-state index contributed by atoms with van der Waals surface area (Å²) in [5.41, 5.74) is 5.09. The maximum atomic E-state index is 12.5. The van der Waals surface area contributed by atoms with E-state index in [2.05, 4.69) is 10.3 Å². The van der Waals surface area contributed by atoms with Crippen molar-refractivity contribution in [1.82, 2.24) is 9.55 Å². The summed E-state index contributed by atoms with van der Waals surface area (Å²) in [4.78, 5) is 3.94. The molecule has 0 saturated carbocycles. The van der Waals surface area contributed by atoms with E-state index in [9.17, 15) is 13.2 Å². The van der Waals surface area contributed by atoms with Crippen molar-refractivity contribution in [3.63, 3.8) is 0 Å². The van der Waals surface area contributed by atoms with Crippen LogP contribution in [0, 0.1) is 10.8 Å². The van der Waals surface area contributed by atoms with Gasteiger partial charge in [0, 0.05) is 18.9 Å². The highest BCUT2D eigenvalue weighted by atomic mass is 19.4. The van der Waals surface area contributed by atoms with Gasteiger partial charge in [-0.05, 0) is 17.7 Å². The number of nitrogens with one attached hydrogen (secondary N) is 3. The van der Waals surface area contributed by atoms with Crippen LogP contribution >= 0.6 is 0 Å². The van der Waals surface area contributed by atoms with Gasteiger partial charge in [0.05, 0.1) is 5.56 Å². The van der Waals surface area contributed by atoms with Gasteiger partial charge in [-0.15, -0.1) is 0 Å². The van der Waals surface area contributed by atoms with Crippen LogP contribution < -0.4 is 16.5 Å². The molecule has 9 heteroatoms. The molecule has 116 valence electrons. The molecule has 0 radical (unpaired) electrons. The first kappa shape index (κ1) is 15.5. The Morgan fingerprint density at radius 2 is 1.91 bits per heavy atom. The van der Waals surface area contributed by atoms with E-state index in [4.69, 9.17) is 16.6 Å². The third-order valence-corrected chi connectivity index (χ3v) is 2.89. The van der Waals surface area contributed by atoms with E-state index in [1.54, 1.807) is 0 Å². The predicted octanol–water partition coefficient (Wildman–Crippen LogP) is 1.74. The number of hydrogen-bond donors (Lipinski definition) is 4. The molecule has 0 fully saturated rings. The van der Waals surface area contributed by atoms with Crippen LogP contribution in [0.2, 0.25) is 0 Å². The molecule has 0 aliphatic carbocycles. The summed E-state index contributed by atoms with van der Waals surface area (Å²) >= 11 is 0. The zero-order chi connectivity index (χ0) is 16.3. The van der Waals surface area contributed by atoms with Gasteiger partial charge in [0.1, 0.15) is 0 Å². The molecule has 0 amide bonds. The van der Waals surface area contributed by atoms with Gasteiger partial charge in [0.15, 0.2) is 17.3 Å². The average molecular weight is 310 g/mol. The second kappa shape index (κ2) is 5.88. The van der Waals surface area contributed by atoms with Crippen molar-refractivity contribution >= 4 is 11.8 Å². The lowest BCUT2D eigenvalue weighted by Crippen LogP contribution is -2.33. The quantitative estimate of drug-likeness (QED) is 0.512. The number of hydrogen-bond acceptors (Lipinski definition) is 4. The van der Waals surface area contributed by atoms with Gasteiger partial charge < -0.3 is 11.1 Å². The number of benzene rings is 1. The molecule has 2 rings (SSSR count). The maximum absolute atomic E-state index is 12.5. The fourth-order valence-electron chi connectivity index (χ4n) is 1.75. The van der Waals surface area contributed by atoms with E-state index in [-0.39, 0.29) is 23.8 Å². The van der Waals surface area contributed by atoms with Crippen molar-refractivity contribution in [2.24, 2.45) is 5.73 Å². The summed E-state index contributed by atoms with van der Waals surface area (Å²) in [5, 5.41) is 18.0. The van der Waals surface area contributed by atoms with Gasteiger partial charge in [-0.3, -0.25) is 15.4 Å². The van der Waals surface area contributed by atoms with Crippen LogP contribution in [0.3, 0.4) is 0 Å². The number of anilines is 1. The largest absolute Gasteiger partial charge is 0.416 e. The lowest BCUT2D eigenvalue weighted by atomic mass is 10.1. The number of rotatable bonds is 3. The van der Waals surface area contributed by atoms with Crippen molar-refractivity contribution < 1.29 is 13.2 Å². The topological polar surface area (TPSA) is 104 Å². The molecule has 2 aromatic rings. The van der Waals surface area contributed by atoms with Gasteiger partial charge in [-0.1, -0.05) is 12.1 Å². The Kier molecular flexibility index (Phi) is 4.15. The van der Waals surface area contributed by atoms with Gasteiger partial charge in [-0.25, -0.2) is 4.98 Å². The fraction of sp³-hybridized carbons (Fsp3) is 0.154. The van der Waals surface area contributed by atoms with E-state index >= 15 is 0 Å². The smallest absolute Gasteiger partial charge is 0.369 e. The Hall–Kier alpha value is -2.84. The first-order valence-electron chi connectivity index (χ1n) is 6.15. The standard InChI is InChI=1S/C13H13F3N6/c14-13(15,16)9-3-1-8(2-4-9)7-21-11-10(17)22(12(18)19)6-5-20-11/h1-6,17H,7H2,(H3,18,19)(H,20,21). The Balaban J connectivity index is 2.12. The molecule has 0 saturated heterocycles. The molecule has 0 bridgehead atoms. The molecule has 5 N–H and O–H groups in total. The minimum absolute atomic E-state index is 0.109. The minimum atomic E-state index is -4.37. The Morgan fingerprint density at radius 1 is 1.27 bits per heavy atom. The predicted molar refractivity (Wildman–Crippen MR) is 74.2 cm³/mol. The summed E-state index contributed by atoms with van der Waals surface area (Å²) in [6, 6.07) is 4.68. The van der Waals surface area contributed by atoms with Crippen LogP contribution in [0.5, 0.6) is 0 Å². The molecule has 0 spiro atoms. The van der Waals surface area contributed by atoms with Crippen LogP contribution in [-0.4, -0.2) is 15.5 Å². The fourth-order valence-corrected chi connectivity index (χ4v) is 1.75. The molecule has 1 heterocycles. The van der Waals surface area contributed by atoms with E-state index < -0.39 is 11.7 Å². The highest BCUT2D eigenvalue weighted by molar-refractivity contribution is 5.77.